The summed E-state index contributed by atoms with van der Waals surface area (Å²) < 4.78 is 23.6. The van der Waals surface area contributed by atoms with E-state index in [1.165, 1.54) is 11.1 Å². The zero-order valence-electron chi connectivity index (χ0n) is 11.0. The van der Waals surface area contributed by atoms with Gasteiger partial charge in [0.1, 0.15) is 0 Å². The predicted molar refractivity (Wildman–Crippen MR) is 77.0 cm³/mol. The first-order valence-corrected chi connectivity index (χ1v) is 8.87. The monoisotopic (exact) mass is 314 g/mol. The average Bonchev–Trinajstić information content (AvgIpc) is 2.37. The third-order valence-corrected chi connectivity index (χ3v) is 6.00. The fourth-order valence-electron chi connectivity index (χ4n) is 2.07. The van der Waals surface area contributed by atoms with Crippen LogP contribution in [0.1, 0.15) is 33.1 Å². The van der Waals surface area contributed by atoms with Gasteiger partial charge in [-0.1, -0.05) is 11.1 Å². The van der Waals surface area contributed by atoms with Gasteiger partial charge in [-0.25, -0.2) is 0 Å². The Kier molecular flexibility index (Phi) is 7.27. The molecule has 0 aromatic rings. The van der Waals surface area contributed by atoms with Gasteiger partial charge in [-0.05, 0) is 33.1 Å². The van der Waals surface area contributed by atoms with Crippen LogP contribution in [0.3, 0.4) is 0 Å². The summed E-state index contributed by atoms with van der Waals surface area (Å²) in [6, 6.07) is 0. The van der Waals surface area contributed by atoms with Gasteiger partial charge in [-0.2, -0.15) is 0 Å². The van der Waals surface area contributed by atoms with Crippen molar-refractivity contribution in [3.05, 3.63) is 11.1 Å². The largest absolute Gasteiger partial charge is 0.334 e. The molecule has 1 atom stereocenters. The van der Waals surface area contributed by atoms with Crippen LogP contribution in [0, 0.1) is 0 Å². The number of allylic oxidation sites excluding steroid dienone is 2. The normalized spacial score (nSPS) is 21.4. The van der Waals surface area contributed by atoms with Crippen LogP contribution in [-0.2, 0) is 13.6 Å². The van der Waals surface area contributed by atoms with E-state index in [1.807, 2.05) is 0 Å². The van der Waals surface area contributed by atoms with Crippen molar-refractivity contribution in [2.45, 2.75) is 38.8 Å². The van der Waals surface area contributed by atoms with E-state index in [2.05, 4.69) is 13.8 Å². The molecule has 0 N–H and O–H groups in total. The standard InChI is InChI=1S/C12H21Cl2O3P/c1-10-3-4-12(9-11(10)2)18(15,16-7-5-13)17-8-6-14/h12H,3-9H2,1-2H3. The molecule has 6 heteroatoms. The van der Waals surface area contributed by atoms with Crippen LogP contribution >= 0.6 is 30.8 Å². The van der Waals surface area contributed by atoms with Crippen molar-refractivity contribution in [1.82, 2.24) is 0 Å². The average molecular weight is 315 g/mol. The molecule has 106 valence electrons. The molecule has 0 spiro atoms. The zero-order valence-corrected chi connectivity index (χ0v) is 13.4. The lowest BCUT2D eigenvalue weighted by molar-refractivity contribution is 0.211. The summed E-state index contributed by atoms with van der Waals surface area (Å²) in [7, 11) is -3.09. The van der Waals surface area contributed by atoms with Crippen LogP contribution in [0.15, 0.2) is 11.1 Å². The molecule has 0 aromatic heterocycles. The quantitative estimate of drug-likeness (QED) is 0.392. The number of hydrogen-bond acceptors (Lipinski definition) is 3. The zero-order chi connectivity index (χ0) is 13.6. The molecule has 3 nitrogen and oxygen atoms in total. The second-order valence-corrected chi connectivity index (χ2v) is 7.62. The summed E-state index contributed by atoms with van der Waals surface area (Å²) in [4.78, 5) is 0. The summed E-state index contributed by atoms with van der Waals surface area (Å²) in [5, 5.41) is 0. The van der Waals surface area contributed by atoms with Crippen LogP contribution in [0.4, 0.5) is 0 Å². The van der Waals surface area contributed by atoms with E-state index in [4.69, 9.17) is 32.2 Å². The minimum Gasteiger partial charge on any atom is -0.307 e. The maximum absolute atomic E-state index is 12.8. The highest BCUT2D eigenvalue weighted by atomic mass is 35.5. The first kappa shape index (κ1) is 16.5. The van der Waals surface area contributed by atoms with Gasteiger partial charge in [0.15, 0.2) is 0 Å². The molecule has 0 radical (unpaired) electrons. The maximum Gasteiger partial charge on any atom is 0.334 e. The molecule has 0 fully saturated rings. The Balaban J connectivity index is 2.74. The topological polar surface area (TPSA) is 35.5 Å². The number of hydrogen-bond donors (Lipinski definition) is 0. The fourth-order valence-corrected chi connectivity index (χ4v) is 4.57. The summed E-state index contributed by atoms with van der Waals surface area (Å²) >= 11 is 11.2. The van der Waals surface area contributed by atoms with E-state index in [9.17, 15) is 4.57 Å². The van der Waals surface area contributed by atoms with Crippen LogP contribution in [0.25, 0.3) is 0 Å². The summed E-state index contributed by atoms with van der Waals surface area (Å²) in [5.74, 6) is 0.629. The minimum absolute atomic E-state index is 0.0624. The van der Waals surface area contributed by atoms with Crippen molar-refractivity contribution in [2.75, 3.05) is 25.0 Å². The van der Waals surface area contributed by atoms with Crippen molar-refractivity contribution < 1.29 is 13.6 Å². The van der Waals surface area contributed by atoms with E-state index in [0.717, 1.165) is 19.3 Å². The molecule has 0 aliphatic heterocycles. The highest BCUT2D eigenvalue weighted by molar-refractivity contribution is 7.54. The van der Waals surface area contributed by atoms with E-state index in [1.54, 1.807) is 0 Å². The van der Waals surface area contributed by atoms with Gasteiger partial charge < -0.3 is 9.05 Å². The number of alkyl halides is 2. The van der Waals surface area contributed by atoms with Crippen LogP contribution < -0.4 is 0 Å². The highest BCUT2D eigenvalue weighted by Gasteiger charge is 2.37. The molecule has 0 heterocycles. The second-order valence-electron chi connectivity index (χ2n) is 4.54. The number of rotatable bonds is 7. The Morgan fingerprint density at radius 3 is 2.17 bits per heavy atom. The third kappa shape index (κ3) is 4.54. The van der Waals surface area contributed by atoms with Gasteiger partial charge in [0.2, 0.25) is 0 Å². The molecule has 0 saturated heterocycles. The molecule has 1 aliphatic rings. The molecule has 0 saturated carbocycles. The van der Waals surface area contributed by atoms with E-state index < -0.39 is 7.60 Å². The molecule has 1 unspecified atom stereocenters. The van der Waals surface area contributed by atoms with Crippen LogP contribution in [0.2, 0.25) is 0 Å². The smallest absolute Gasteiger partial charge is 0.307 e. The molecule has 0 amide bonds. The molecular formula is C12H21Cl2O3P. The van der Waals surface area contributed by atoms with Gasteiger partial charge in [-0.3, -0.25) is 4.57 Å². The van der Waals surface area contributed by atoms with Crippen LogP contribution in [0.5, 0.6) is 0 Å². The van der Waals surface area contributed by atoms with E-state index >= 15 is 0 Å². The Hall–Kier alpha value is 0.470. The van der Waals surface area contributed by atoms with Gasteiger partial charge in [0, 0.05) is 11.8 Å². The van der Waals surface area contributed by atoms with Crippen molar-refractivity contribution in [3.8, 4) is 0 Å². The van der Waals surface area contributed by atoms with E-state index in [0.29, 0.717) is 11.8 Å². The summed E-state index contributed by atoms with van der Waals surface area (Å²) in [6.45, 7) is 4.70. The Morgan fingerprint density at radius 2 is 1.72 bits per heavy atom. The molecule has 1 rings (SSSR count). The summed E-state index contributed by atoms with van der Waals surface area (Å²) in [5.41, 5.74) is 2.61. The lowest BCUT2D eigenvalue weighted by Crippen LogP contribution is -2.19. The molecule has 18 heavy (non-hydrogen) atoms. The number of halogens is 2. The van der Waals surface area contributed by atoms with Gasteiger partial charge >= 0.3 is 7.60 Å². The Morgan fingerprint density at radius 1 is 1.17 bits per heavy atom. The van der Waals surface area contributed by atoms with Crippen molar-refractivity contribution >= 4 is 30.8 Å². The highest BCUT2D eigenvalue weighted by Crippen LogP contribution is 2.58. The fraction of sp³-hybridized carbons (Fsp3) is 0.833. The molecular weight excluding hydrogens is 294 g/mol. The third-order valence-electron chi connectivity index (χ3n) is 3.27. The molecule has 0 bridgehead atoms. The Bertz CT molecular complexity index is 332. The van der Waals surface area contributed by atoms with Crippen molar-refractivity contribution in [2.24, 2.45) is 0 Å². The summed E-state index contributed by atoms with van der Waals surface area (Å²) in [6.07, 6.45) is 2.56. The predicted octanol–water partition coefficient (Wildman–Crippen LogP) is 4.58. The van der Waals surface area contributed by atoms with E-state index in [-0.39, 0.29) is 18.9 Å². The van der Waals surface area contributed by atoms with Gasteiger partial charge in [0.25, 0.3) is 0 Å². The lowest BCUT2D eigenvalue weighted by Gasteiger charge is -2.30. The molecule has 1 aliphatic carbocycles. The maximum atomic E-state index is 12.8. The molecule has 0 aromatic carbocycles. The van der Waals surface area contributed by atoms with Crippen molar-refractivity contribution in [3.63, 3.8) is 0 Å². The first-order valence-electron chi connectivity index (χ1n) is 6.19. The first-order chi connectivity index (χ1) is 8.53. The second kappa shape index (κ2) is 7.91. The van der Waals surface area contributed by atoms with Gasteiger partial charge in [0.05, 0.1) is 18.9 Å². The van der Waals surface area contributed by atoms with Crippen LogP contribution in [-0.4, -0.2) is 30.6 Å². The lowest BCUT2D eigenvalue weighted by atomic mass is 9.94. The Labute approximate surface area is 119 Å². The van der Waals surface area contributed by atoms with Gasteiger partial charge in [-0.15, -0.1) is 23.2 Å². The SMILES string of the molecule is CC1=C(C)CC(P(=O)(OCCCl)OCCCl)CC1. The van der Waals surface area contributed by atoms with Crippen molar-refractivity contribution in [1.29, 1.82) is 0 Å². The minimum atomic E-state index is -3.09.